The summed E-state index contributed by atoms with van der Waals surface area (Å²) < 4.78 is 21.7. The van der Waals surface area contributed by atoms with Gasteiger partial charge in [-0.3, -0.25) is 9.45 Å². The van der Waals surface area contributed by atoms with Crippen molar-refractivity contribution in [1.29, 1.82) is 0 Å². The molecule has 124 valence electrons. The zero-order valence-electron chi connectivity index (χ0n) is 12.7. The Morgan fingerprint density at radius 3 is 3.04 bits per heavy atom. The summed E-state index contributed by atoms with van der Waals surface area (Å²) >= 11 is 4.21. The van der Waals surface area contributed by atoms with Crippen LogP contribution in [-0.2, 0) is 11.3 Å². The van der Waals surface area contributed by atoms with E-state index in [0.717, 1.165) is 43.0 Å². The highest BCUT2D eigenvalue weighted by molar-refractivity contribution is 7.77. The summed E-state index contributed by atoms with van der Waals surface area (Å²) in [5.74, 6) is 0. The Kier molecular flexibility index (Phi) is 5.50. The number of aromatic nitrogens is 1. The topological polar surface area (TPSA) is 68.4 Å². The Labute approximate surface area is 143 Å². The minimum absolute atomic E-state index is 0.553. The van der Waals surface area contributed by atoms with Gasteiger partial charge in [-0.25, -0.2) is 8.93 Å². The van der Waals surface area contributed by atoms with Crippen LogP contribution in [0.5, 0.6) is 0 Å². The molecule has 0 spiro atoms. The smallest absolute Gasteiger partial charge is 0.231 e. The molecular weight excluding hydrogens is 334 g/mol. The molecular formula is C16H20ClN3O2S. The first-order valence-corrected chi connectivity index (χ1v) is 9.15. The highest BCUT2D eigenvalue weighted by Crippen LogP contribution is 2.30. The van der Waals surface area contributed by atoms with Gasteiger partial charge >= 0.3 is 0 Å². The van der Waals surface area contributed by atoms with Crippen molar-refractivity contribution in [2.75, 3.05) is 26.2 Å². The molecule has 1 aliphatic heterocycles. The second-order valence-electron chi connectivity index (χ2n) is 5.67. The molecule has 0 saturated heterocycles. The summed E-state index contributed by atoms with van der Waals surface area (Å²) in [6.45, 7) is 3.39. The summed E-state index contributed by atoms with van der Waals surface area (Å²) in [6.07, 6.45) is 6.19. The number of nitrogens with one attached hydrogen (secondary N) is 2. The standard InChI is InChI=1S/C16H20ClN3O2S/c17-13-2-3-16-14(10-13)15(11-18-16)12-4-8-20(9-5-12)7-1-6-19-23(21)22/h2-4,10-11,18-19H,1,5-9H2,(H,21,22). The fourth-order valence-corrected chi connectivity index (χ4v) is 3.47. The van der Waals surface area contributed by atoms with Crippen molar-refractivity contribution in [1.82, 2.24) is 14.6 Å². The number of halogens is 1. The molecule has 2 aromatic rings. The monoisotopic (exact) mass is 353 g/mol. The van der Waals surface area contributed by atoms with Crippen molar-refractivity contribution in [2.24, 2.45) is 0 Å². The average molecular weight is 354 g/mol. The Morgan fingerprint density at radius 1 is 1.43 bits per heavy atom. The van der Waals surface area contributed by atoms with Gasteiger partial charge in [0.1, 0.15) is 0 Å². The van der Waals surface area contributed by atoms with Gasteiger partial charge in [0.15, 0.2) is 0 Å². The predicted octanol–water partition coefficient (Wildman–Crippen LogP) is 3.03. The van der Waals surface area contributed by atoms with E-state index in [2.05, 4.69) is 26.9 Å². The molecule has 3 rings (SSSR count). The third-order valence-corrected chi connectivity index (χ3v) is 4.85. The van der Waals surface area contributed by atoms with Crippen LogP contribution in [0.3, 0.4) is 0 Å². The summed E-state index contributed by atoms with van der Waals surface area (Å²) in [7, 11) is 0. The Morgan fingerprint density at radius 2 is 2.30 bits per heavy atom. The zero-order valence-corrected chi connectivity index (χ0v) is 14.3. The largest absolute Gasteiger partial charge is 0.361 e. The summed E-state index contributed by atoms with van der Waals surface area (Å²) in [4.78, 5) is 5.66. The van der Waals surface area contributed by atoms with Gasteiger partial charge in [-0.05, 0) is 43.2 Å². The van der Waals surface area contributed by atoms with Crippen LogP contribution in [0.2, 0.25) is 5.02 Å². The lowest BCUT2D eigenvalue weighted by Gasteiger charge is -2.26. The van der Waals surface area contributed by atoms with E-state index >= 15 is 0 Å². The number of aromatic amines is 1. The number of hydrogen-bond donors (Lipinski definition) is 3. The van der Waals surface area contributed by atoms with E-state index < -0.39 is 11.3 Å². The molecule has 0 bridgehead atoms. The van der Waals surface area contributed by atoms with E-state index in [1.165, 1.54) is 16.5 Å². The lowest BCUT2D eigenvalue weighted by atomic mass is 9.99. The normalized spacial score (nSPS) is 17.4. The van der Waals surface area contributed by atoms with Crippen molar-refractivity contribution in [3.63, 3.8) is 0 Å². The van der Waals surface area contributed by atoms with Crippen LogP contribution in [0, 0.1) is 0 Å². The first-order valence-electron chi connectivity index (χ1n) is 7.66. The summed E-state index contributed by atoms with van der Waals surface area (Å²) in [5, 5.41) is 1.93. The van der Waals surface area contributed by atoms with Crippen LogP contribution in [-0.4, -0.2) is 44.8 Å². The Hall–Kier alpha value is -1.18. The van der Waals surface area contributed by atoms with Crippen LogP contribution in [0.4, 0.5) is 0 Å². The van der Waals surface area contributed by atoms with Gasteiger partial charge in [0.05, 0.1) is 0 Å². The van der Waals surface area contributed by atoms with Crippen LogP contribution in [0.15, 0.2) is 30.5 Å². The van der Waals surface area contributed by atoms with E-state index in [-0.39, 0.29) is 0 Å². The van der Waals surface area contributed by atoms with Gasteiger partial charge < -0.3 is 4.98 Å². The fraction of sp³-hybridized carbons (Fsp3) is 0.375. The van der Waals surface area contributed by atoms with Crippen molar-refractivity contribution < 1.29 is 8.76 Å². The third kappa shape index (κ3) is 4.22. The van der Waals surface area contributed by atoms with Gasteiger partial charge in [0.2, 0.25) is 11.3 Å². The van der Waals surface area contributed by atoms with E-state index in [0.29, 0.717) is 6.54 Å². The average Bonchev–Trinajstić information content (AvgIpc) is 2.95. The highest BCUT2D eigenvalue weighted by atomic mass is 35.5. The number of hydrogen-bond acceptors (Lipinski definition) is 2. The SMILES string of the molecule is O=S(O)NCCCN1CC=C(c2c[nH]c3ccc(Cl)cc23)CC1. The summed E-state index contributed by atoms with van der Waals surface area (Å²) in [5.41, 5.74) is 3.69. The molecule has 1 atom stereocenters. The maximum Gasteiger partial charge on any atom is 0.231 e. The lowest BCUT2D eigenvalue weighted by Crippen LogP contribution is -2.31. The molecule has 1 aliphatic rings. The molecule has 0 amide bonds. The molecule has 0 fully saturated rings. The maximum atomic E-state index is 10.5. The highest BCUT2D eigenvalue weighted by Gasteiger charge is 2.15. The number of benzene rings is 1. The van der Waals surface area contributed by atoms with Gasteiger partial charge in [-0.1, -0.05) is 17.7 Å². The molecule has 0 aliphatic carbocycles. The van der Waals surface area contributed by atoms with Crippen LogP contribution in [0.1, 0.15) is 18.4 Å². The van der Waals surface area contributed by atoms with E-state index in [9.17, 15) is 4.21 Å². The first kappa shape index (κ1) is 16.7. The van der Waals surface area contributed by atoms with Crippen LogP contribution >= 0.6 is 11.6 Å². The number of fused-ring (bicyclic) bond motifs is 1. The van der Waals surface area contributed by atoms with Crippen molar-refractivity contribution >= 4 is 39.3 Å². The predicted molar refractivity (Wildman–Crippen MR) is 95.7 cm³/mol. The molecule has 0 radical (unpaired) electrons. The number of nitrogens with zero attached hydrogens (tertiary/aromatic N) is 1. The first-order chi connectivity index (χ1) is 11.1. The fourth-order valence-electron chi connectivity index (χ4n) is 2.98. The Bertz CT molecular complexity index is 744. The minimum Gasteiger partial charge on any atom is -0.361 e. The third-order valence-electron chi connectivity index (χ3n) is 4.16. The van der Waals surface area contributed by atoms with Gasteiger partial charge in [0.25, 0.3) is 0 Å². The molecule has 1 unspecified atom stereocenters. The van der Waals surface area contributed by atoms with Crippen molar-refractivity contribution in [2.45, 2.75) is 12.8 Å². The lowest BCUT2D eigenvalue weighted by molar-refractivity contribution is 0.298. The summed E-state index contributed by atoms with van der Waals surface area (Å²) in [6, 6.07) is 5.92. The second kappa shape index (κ2) is 7.59. The van der Waals surface area contributed by atoms with Crippen molar-refractivity contribution in [3.05, 3.63) is 41.1 Å². The second-order valence-corrected chi connectivity index (χ2v) is 6.89. The number of rotatable bonds is 6. The molecule has 3 N–H and O–H groups in total. The maximum absolute atomic E-state index is 10.5. The zero-order chi connectivity index (χ0) is 16.2. The molecule has 1 aromatic heterocycles. The Balaban J connectivity index is 1.62. The van der Waals surface area contributed by atoms with Gasteiger partial charge in [0, 0.05) is 47.3 Å². The molecule has 0 saturated carbocycles. The molecule has 1 aromatic carbocycles. The van der Waals surface area contributed by atoms with Gasteiger partial charge in [-0.15, -0.1) is 0 Å². The molecule has 2 heterocycles. The van der Waals surface area contributed by atoms with E-state index in [1.54, 1.807) is 0 Å². The number of H-pyrrole nitrogens is 1. The van der Waals surface area contributed by atoms with Crippen LogP contribution in [0.25, 0.3) is 16.5 Å². The van der Waals surface area contributed by atoms with Gasteiger partial charge in [-0.2, -0.15) is 0 Å². The van der Waals surface area contributed by atoms with E-state index in [4.69, 9.17) is 16.2 Å². The van der Waals surface area contributed by atoms with Crippen LogP contribution < -0.4 is 4.72 Å². The van der Waals surface area contributed by atoms with Crippen molar-refractivity contribution in [3.8, 4) is 0 Å². The van der Waals surface area contributed by atoms with E-state index in [1.807, 2.05) is 18.2 Å². The minimum atomic E-state index is -1.91. The quantitative estimate of drug-likeness (QED) is 0.552. The molecule has 23 heavy (non-hydrogen) atoms. The molecule has 7 heteroatoms. The molecule has 5 nitrogen and oxygen atoms in total.